The first-order valence-electron chi connectivity index (χ1n) is 5.53. The third kappa shape index (κ3) is 3.51. The van der Waals surface area contributed by atoms with Gasteiger partial charge in [0.2, 0.25) is 0 Å². The van der Waals surface area contributed by atoms with Crippen molar-refractivity contribution in [3.8, 4) is 0 Å². The van der Waals surface area contributed by atoms with Crippen LogP contribution in [0.1, 0.15) is 18.1 Å². The summed E-state index contributed by atoms with van der Waals surface area (Å²) in [7, 11) is 0. The van der Waals surface area contributed by atoms with Gasteiger partial charge in [0.05, 0.1) is 13.2 Å². The summed E-state index contributed by atoms with van der Waals surface area (Å²) >= 11 is 0. The summed E-state index contributed by atoms with van der Waals surface area (Å²) in [4.78, 5) is 0. The van der Waals surface area contributed by atoms with E-state index < -0.39 is 5.41 Å². The van der Waals surface area contributed by atoms with Gasteiger partial charge in [-0.05, 0) is 37.1 Å². The Bertz CT molecular complexity index is 326. The summed E-state index contributed by atoms with van der Waals surface area (Å²) < 4.78 is 0. The Kier molecular flexibility index (Phi) is 4.33. The minimum Gasteiger partial charge on any atom is -0.396 e. The van der Waals surface area contributed by atoms with Crippen LogP contribution in [0.25, 0.3) is 0 Å². The Morgan fingerprint density at radius 2 is 1.56 bits per heavy atom. The van der Waals surface area contributed by atoms with Crippen molar-refractivity contribution in [3.63, 3.8) is 0 Å². The zero-order chi connectivity index (χ0) is 12.2. The molecule has 0 amide bonds. The molecular weight excluding hydrogens is 202 g/mol. The third-order valence-electron chi connectivity index (χ3n) is 2.70. The number of nitrogens with one attached hydrogen (secondary N) is 1. The van der Waals surface area contributed by atoms with Gasteiger partial charge < -0.3 is 15.5 Å². The minimum atomic E-state index is -0.475. The van der Waals surface area contributed by atoms with E-state index in [4.69, 9.17) is 0 Å². The monoisotopic (exact) mass is 223 g/mol. The first-order chi connectivity index (χ1) is 7.49. The van der Waals surface area contributed by atoms with Gasteiger partial charge in [-0.2, -0.15) is 0 Å². The van der Waals surface area contributed by atoms with Gasteiger partial charge >= 0.3 is 0 Å². The zero-order valence-electron chi connectivity index (χ0n) is 10.2. The van der Waals surface area contributed by atoms with Crippen molar-refractivity contribution in [1.82, 2.24) is 0 Å². The van der Waals surface area contributed by atoms with Crippen LogP contribution < -0.4 is 5.32 Å². The summed E-state index contributed by atoms with van der Waals surface area (Å²) in [5, 5.41) is 21.6. The van der Waals surface area contributed by atoms with Crippen LogP contribution in [0.4, 0.5) is 5.69 Å². The SMILES string of the molecule is Cc1cc(C)cc(NCC(C)(CO)CO)c1. The predicted molar refractivity (Wildman–Crippen MR) is 66.7 cm³/mol. The Labute approximate surface area is 97.1 Å². The number of aliphatic hydroxyl groups is 2. The second-order valence-electron chi connectivity index (χ2n) is 4.86. The second-order valence-corrected chi connectivity index (χ2v) is 4.86. The second kappa shape index (κ2) is 5.32. The zero-order valence-corrected chi connectivity index (χ0v) is 10.2. The molecule has 0 saturated heterocycles. The number of hydrogen-bond donors (Lipinski definition) is 3. The summed E-state index contributed by atoms with van der Waals surface area (Å²) in [6, 6.07) is 6.23. The van der Waals surface area contributed by atoms with E-state index in [2.05, 4.69) is 37.4 Å². The molecule has 1 rings (SSSR count). The van der Waals surface area contributed by atoms with Gasteiger partial charge in [-0.15, -0.1) is 0 Å². The smallest absolute Gasteiger partial charge is 0.0523 e. The van der Waals surface area contributed by atoms with Gasteiger partial charge in [-0.25, -0.2) is 0 Å². The summed E-state index contributed by atoms with van der Waals surface area (Å²) in [5.74, 6) is 0. The lowest BCUT2D eigenvalue weighted by Crippen LogP contribution is -2.34. The maximum Gasteiger partial charge on any atom is 0.0523 e. The Morgan fingerprint density at radius 1 is 1.06 bits per heavy atom. The van der Waals surface area contributed by atoms with Crippen molar-refractivity contribution in [2.75, 3.05) is 25.1 Å². The van der Waals surface area contributed by atoms with E-state index in [1.54, 1.807) is 0 Å². The molecule has 0 aliphatic rings. The average molecular weight is 223 g/mol. The van der Waals surface area contributed by atoms with Crippen LogP contribution in [-0.2, 0) is 0 Å². The molecule has 0 fully saturated rings. The van der Waals surface area contributed by atoms with E-state index >= 15 is 0 Å². The van der Waals surface area contributed by atoms with Crippen LogP contribution in [0.2, 0.25) is 0 Å². The fourth-order valence-electron chi connectivity index (χ4n) is 1.55. The van der Waals surface area contributed by atoms with E-state index in [1.165, 1.54) is 11.1 Å². The molecule has 0 radical (unpaired) electrons. The number of hydrogen-bond acceptors (Lipinski definition) is 3. The number of aliphatic hydroxyl groups excluding tert-OH is 2. The van der Waals surface area contributed by atoms with Crippen molar-refractivity contribution < 1.29 is 10.2 Å². The number of aryl methyl sites for hydroxylation is 2. The molecular formula is C13H21NO2. The fraction of sp³-hybridized carbons (Fsp3) is 0.538. The van der Waals surface area contributed by atoms with Crippen LogP contribution in [0, 0.1) is 19.3 Å². The van der Waals surface area contributed by atoms with Gasteiger partial charge in [0.25, 0.3) is 0 Å². The summed E-state index contributed by atoms with van der Waals surface area (Å²) in [6.07, 6.45) is 0. The van der Waals surface area contributed by atoms with Gasteiger partial charge in [0, 0.05) is 17.6 Å². The third-order valence-corrected chi connectivity index (χ3v) is 2.70. The van der Waals surface area contributed by atoms with Crippen LogP contribution in [-0.4, -0.2) is 30.0 Å². The van der Waals surface area contributed by atoms with Crippen molar-refractivity contribution in [3.05, 3.63) is 29.3 Å². The van der Waals surface area contributed by atoms with Crippen molar-refractivity contribution in [2.45, 2.75) is 20.8 Å². The average Bonchev–Trinajstić information content (AvgIpc) is 2.25. The highest BCUT2D eigenvalue weighted by Crippen LogP contribution is 2.18. The molecule has 1 aromatic carbocycles. The van der Waals surface area contributed by atoms with Gasteiger partial charge in [-0.3, -0.25) is 0 Å². The first-order valence-corrected chi connectivity index (χ1v) is 5.53. The number of anilines is 1. The molecule has 0 bridgehead atoms. The molecule has 1 aromatic rings. The topological polar surface area (TPSA) is 52.5 Å². The molecule has 0 unspecified atom stereocenters. The maximum atomic E-state index is 9.17. The number of benzene rings is 1. The standard InChI is InChI=1S/C13H21NO2/c1-10-4-11(2)6-12(5-10)14-7-13(3,8-15)9-16/h4-6,14-16H,7-9H2,1-3H3. The summed E-state index contributed by atoms with van der Waals surface area (Å²) in [6.45, 7) is 6.46. The Balaban J connectivity index is 2.67. The highest BCUT2D eigenvalue weighted by Gasteiger charge is 2.21. The lowest BCUT2D eigenvalue weighted by molar-refractivity contribution is 0.0806. The maximum absolute atomic E-state index is 9.17. The molecule has 0 saturated carbocycles. The van der Waals surface area contributed by atoms with E-state index in [0.717, 1.165) is 5.69 Å². The molecule has 90 valence electrons. The van der Waals surface area contributed by atoms with E-state index in [1.807, 2.05) is 6.92 Å². The summed E-state index contributed by atoms with van der Waals surface area (Å²) in [5.41, 5.74) is 2.97. The normalized spacial score (nSPS) is 11.6. The van der Waals surface area contributed by atoms with Crippen LogP contribution in [0.5, 0.6) is 0 Å². The fourth-order valence-corrected chi connectivity index (χ4v) is 1.55. The van der Waals surface area contributed by atoms with Crippen LogP contribution in [0.3, 0.4) is 0 Å². The minimum absolute atomic E-state index is 0.0265. The molecule has 0 aliphatic carbocycles. The van der Waals surface area contributed by atoms with E-state index in [-0.39, 0.29) is 13.2 Å². The molecule has 16 heavy (non-hydrogen) atoms. The molecule has 0 atom stereocenters. The van der Waals surface area contributed by atoms with Crippen molar-refractivity contribution >= 4 is 5.69 Å². The molecule has 0 heterocycles. The van der Waals surface area contributed by atoms with Gasteiger partial charge in [0.1, 0.15) is 0 Å². The molecule has 3 heteroatoms. The van der Waals surface area contributed by atoms with E-state index in [0.29, 0.717) is 6.54 Å². The van der Waals surface area contributed by atoms with Crippen molar-refractivity contribution in [1.29, 1.82) is 0 Å². The highest BCUT2D eigenvalue weighted by molar-refractivity contribution is 5.48. The molecule has 3 N–H and O–H groups in total. The molecule has 0 spiro atoms. The lowest BCUT2D eigenvalue weighted by Gasteiger charge is -2.25. The first kappa shape index (κ1) is 13.0. The van der Waals surface area contributed by atoms with E-state index in [9.17, 15) is 10.2 Å². The largest absolute Gasteiger partial charge is 0.396 e. The Morgan fingerprint density at radius 3 is 2.00 bits per heavy atom. The van der Waals surface area contributed by atoms with Crippen LogP contribution in [0.15, 0.2) is 18.2 Å². The highest BCUT2D eigenvalue weighted by atomic mass is 16.3. The van der Waals surface area contributed by atoms with Gasteiger partial charge in [-0.1, -0.05) is 13.0 Å². The lowest BCUT2D eigenvalue weighted by atomic mass is 9.93. The number of rotatable bonds is 5. The molecule has 3 nitrogen and oxygen atoms in total. The quantitative estimate of drug-likeness (QED) is 0.712. The predicted octanol–water partition coefficient (Wildman–Crippen LogP) is 1.71. The van der Waals surface area contributed by atoms with Crippen LogP contribution >= 0.6 is 0 Å². The van der Waals surface area contributed by atoms with Gasteiger partial charge in [0.15, 0.2) is 0 Å². The van der Waals surface area contributed by atoms with Crippen molar-refractivity contribution in [2.24, 2.45) is 5.41 Å². The molecule has 0 aromatic heterocycles. The molecule has 0 aliphatic heterocycles. The Hall–Kier alpha value is -1.06.